The maximum Gasteiger partial charge on any atom is 0.313 e. The Balaban J connectivity index is 1.52. The van der Waals surface area contributed by atoms with E-state index in [0.717, 1.165) is 0 Å². The van der Waals surface area contributed by atoms with E-state index in [2.05, 4.69) is 18.5 Å². The molecule has 256 valence electrons. The van der Waals surface area contributed by atoms with E-state index in [1.807, 2.05) is 74.5 Å². The quantitative estimate of drug-likeness (QED) is 0.217. The highest BCUT2D eigenvalue weighted by atomic mass is 16.6. The van der Waals surface area contributed by atoms with Crippen LogP contribution in [-0.4, -0.2) is 81.6 Å². The number of esters is 1. The van der Waals surface area contributed by atoms with Gasteiger partial charge >= 0.3 is 5.97 Å². The second kappa shape index (κ2) is 14.9. The average Bonchev–Trinajstić information content (AvgIpc) is 3.73. The highest BCUT2D eigenvalue weighted by molar-refractivity contribution is 5.98. The number of benzene rings is 2. The van der Waals surface area contributed by atoms with Crippen LogP contribution in [-0.2, 0) is 28.7 Å². The van der Waals surface area contributed by atoms with Gasteiger partial charge in [0, 0.05) is 19.0 Å². The van der Waals surface area contributed by atoms with Crippen molar-refractivity contribution in [3.63, 3.8) is 0 Å². The monoisotopic (exact) mass is 657 g/mol. The van der Waals surface area contributed by atoms with E-state index in [1.54, 1.807) is 24.0 Å². The molecule has 3 fully saturated rings. The smallest absolute Gasteiger partial charge is 0.313 e. The molecule has 2 bridgehead atoms. The lowest BCUT2D eigenvalue weighted by Gasteiger charge is -2.40. The number of carbonyl (C=O) groups is 4. The van der Waals surface area contributed by atoms with Gasteiger partial charge in [0.25, 0.3) is 0 Å². The van der Waals surface area contributed by atoms with Gasteiger partial charge in [0.2, 0.25) is 17.7 Å². The average molecular weight is 658 g/mol. The number of hydrogen-bond acceptors (Lipinski definition) is 7. The molecule has 0 aromatic heterocycles. The topological polar surface area (TPSA) is 125 Å². The highest BCUT2D eigenvalue weighted by Gasteiger charge is 2.76. The summed E-state index contributed by atoms with van der Waals surface area (Å²) in [7, 11) is 0. The number of nitrogens with one attached hydrogen (secondary N) is 1. The number of aliphatic hydroxyl groups is 1. The zero-order valence-corrected chi connectivity index (χ0v) is 28.0. The molecule has 2 aromatic carbocycles. The number of amides is 3. The van der Waals surface area contributed by atoms with Gasteiger partial charge in [0.1, 0.15) is 17.7 Å². The number of ether oxygens (including phenoxy) is 2. The number of likely N-dealkylation sites (tertiary alicyclic amines) is 1. The number of carbonyl (C=O) groups excluding carboxylic acids is 4. The number of nitrogens with zero attached hydrogens (tertiary/aromatic N) is 2. The minimum atomic E-state index is -1.29. The molecule has 3 amide bonds. The molecule has 3 aliphatic rings. The van der Waals surface area contributed by atoms with Crippen molar-refractivity contribution in [2.75, 3.05) is 13.2 Å². The van der Waals surface area contributed by atoms with Crippen LogP contribution in [0.25, 0.3) is 0 Å². The summed E-state index contributed by atoms with van der Waals surface area (Å²) in [5.74, 6) is -3.55. The van der Waals surface area contributed by atoms with Gasteiger partial charge in [-0.1, -0.05) is 72.8 Å². The van der Waals surface area contributed by atoms with E-state index < -0.39 is 66.3 Å². The van der Waals surface area contributed by atoms with Crippen molar-refractivity contribution in [1.29, 1.82) is 0 Å². The standard InChI is InChI=1S/C38H47N3O7/c1-6-8-19-30(43)39-25(5)33(27-17-13-10-14-18-27)47-37(46)31-29-20-21-38(48-29)32(31)35(44)41(28(23-42)26-15-11-9-12-16-26)34(38)36(45)40(22-7-2)24(3)4/h6-7,9-18,24-25,28-29,31-34,42H,1-2,8,19-23H2,3-5H3,(H,39,43)/t25-,28-,29-,31+,32+,33-,34-,38+/m1/s1. The van der Waals surface area contributed by atoms with Crippen LogP contribution in [0, 0.1) is 11.8 Å². The van der Waals surface area contributed by atoms with E-state index in [0.29, 0.717) is 30.4 Å². The molecule has 3 aliphatic heterocycles. The Kier molecular flexibility index (Phi) is 10.9. The molecule has 0 radical (unpaired) electrons. The third-order valence-corrected chi connectivity index (χ3v) is 9.96. The third-order valence-electron chi connectivity index (χ3n) is 9.96. The maximum atomic E-state index is 14.7. The predicted molar refractivity (Wildman–Crippen MR) is 180 cm³/mol. The van der Waals surface area contributed by atoms with Gasteiger partial charge in [0.15, 0.2) is 0 Å². The van der Waals surface area contributed by atoms with Crippen LogP contribution >= 0.6 is 0 Å². The van der Waals surface area contributed by atoms with E-state index in [9.17, 15) is 24.3 Å². The minimum Gasteiger partial charge on any atom is -0.455 e. The minimum absolute atomic E-state index is 0.199. The first-order valence-electron chi connectivity index (χ1n) is 16.8. The summed E-state index contributed by atoms with van der Waals surface area (Å²) < 4.78 is 12.9. The van der Waals surface area contributed by atoms with Gasteiger partial charge in [-0.3, -0.25) is 19.2 Å². The molecule has 0 aliphatic carbocycles. The lowest BCUT2D eigenvalue weighted by Crippen LogP contribution is -2.58. The first-order valence-corrected chi connectivity index (χ1v) is 16.8. The van der Waals surface area contributed by atoms with Crippen molar-refractivity contribution in [3.05, 3.63) is 97.1 Å². The Morgan fingerprint density at radius 3 is 2.29 bits per heavy atom. The van der Waals surface area contributed by atoms with Gasteiger partial charge in [0.05, 0.1) is 36.6 Å². The van der Waals surface area contributed by atoms with Crippen LogP contribution in [0.2, 0.25) is 0 Å². The summed E-state index contributed by atoms with van der Waals surface area (Å²) in [6.07, 6.45) is 3.46. The molecule has 3 heterocycles. The van der Waals surface area contributed by atoms with Gasteiger partial charge in [-0.2, -0.15) is 0 Å². The van der Waals surface area contributed by atoms with E-state index in [-0.39, 0.29) is 30.8 Å². The molecule has 1 spiro atoms. The summed E-state index contributed by atoms with van der Waals surface area (Å²) >= 11 is 0. The fourth-order valence-electron chi connectivity index (χ4n) is 7.80. The lowest BCUT2D eigenvalue weighted by atomic mass is 9.70. The molecule has 3 saturated heterocycles. The first kappa shape index (κ1) is 35.0. The second-order valence-electron chi connectivity index (χ2n) is 13.2. The number of allylic oxidation sites excluding steroid dienone is 1. The number of hydrogen-bond donors (Lipinski definition) is 2. The molecule has 10 nitrogen and oxygen atoms in total. The molecule has 0 saturated carbocycles. The second-order valence-corrected chi connectivity index (χ2v) is 13.2. The molecule has 2 N–H and O–H groups in total. The predicted octanol–water partition coefficient (Wildman–Crippen LogP) is 4.27. The van der Waals surface area contributed by atoms with Crippen molar-refractivity contribution in [1.82, 2.24) is 15.1 Å². The van der Waals surface area contributed by atoms with Crippen LogP contribution in [0.5, 0.6) is 0 Å². The summed E-state index contributed by atoms with van der Waals surface area (Å²) in [4.78, 5) is 59.4. The van der Waals surface area contributed by atoms with Crippen molar-refractivity contribution < 1.29 is 33.8 Å². The molecule has 48 heavy (non-hydrogen) atoms. The van der Waals surface area contributed by atoms with Gasteiger partial charge in [-0.25, -0.2) is 0 Å². The SMILES string of the molecule is C=CCCC(=O)N[C@H](C)[C@@H](OC(=O)[C@@H]1[C@H]2C(=O)N([C@H](CO)c3ccccc3)[C@H](C(=O)N(CC=C)C(C)C)[C@]23CC[C@H]1O3)c1ccccc1. The molecular formula is C38H47N3O7. The summed E-state index contributed by atoms with van der Waals surface area (Å²) in [5.41, 5.74) is 0.0717. The fraction of sp³-hybridized carbons (Fsp3) is 0.474. The Morgan fingerprint density at radius 1 is 1.06 bits per heavy atom. The molecular weight excluding hydrogens is 610 g/mol. The lowest BCUT2D eigenvalue weighted by molar-refractivity contribution is -0.162. The molecule has 2 aromatic rings. The first-order chi connectivity index (χ1) is 23.1. The Labute approximate surface area is 282 Å². The van der Waals surface area contributed by atoms with Crippen molar-refractivity contribution in [3.8, 4) is 0 Å². The van der Waals surface area contributed by atoms with Crippen molar-refractivity contribution in [2.24, 2.45) is 11.8 Å². The molecule has 0 unspecified atom stereocenters. The van der Waals surface area contributed by atoms with Crippen LogP contribution in [0.3, 0.4) is 0 Å². The Morgan fingerprint density at radius 2 is 1.71 bits per heavy atom. The van der Waals surface area contributed by atoms with E-state index in [4.69, 9.17) is 9.47 Å². The molecule has 10 heteroatoms. The Hall–Kier alpha value is -4.28. The van der Waals surface area contributed by atoms with E-state index >= 15 is 0 Å². The summed E-state index contributed by atoms with van der Waals surface area (Å²) in [5, 5.41) is 13.7. The fourth-order valence-corrected chi connectivity index (χ4v) is 7.80. The third kappa shape index (κ3) is 6.43. The maximum absolute atomic E-state index is 14.7. The zero-order valence-electron chi connectivity index (χ0n) is 28.0. The van der Waals surface area contributed by atoms with Crippen molar-refractivity contribution >= 4 is 23.7 Å². The van der Waals surface area contributed by atoms with Gasteiger partial charge in [-0.05, 0) is 51.2 Å². The van der Waals surface area contributed by atoms with Crippen LogP contribution < -0.4 is 5.32 Å². The van der Waals surface area contributed by atoms with Crippen LogP contribution in [0.15, 0.2) is 86.0 Å². The van der Waals surface area contributed by atoms with Gasteiger partial charge < -0.3 is 29.7 Å². The Bertz CT molecular complexity index is 1500. The number of aliphatic hydroxyl groups excluding tert-OH is 1. The van der Waals surface area contributed by atoms with Crippen LogP contribution in [0.1, 0.15) is 69.7 Å². The molecule has 8 atom stereocenters. The number of rotatable bonds is 15. The van der Waals surface area contributed by atoms with Crippen LogP contribution in [0.4, 0.5) is 0 Å². The van der Waals surface area contributed by atoms with E-state index in [1.165, 1.54) is 4.90 Å². The number of fused-ring (bicyclic) bond motifs is 1. The normalized spacial score (nSPS) is 26.0. The zero-order chi connectivity index (χ0) is 34.6. The highest BCUT2D eigenvalue weighted by Crippen LogP contribution is 2.60. The summed E-state index contributed by atoms with van der Waals surface area (Å²) in [6, 6.07) is 15.5. The largest absolute Gasteiger partial charge is 0.455 e. The van der Waals surface area contributed by atoms with Gasteiger partial charge in [-0.15, -0.1) is 13.2 Å². The van der Waals surface area contributed by atoms with Crippen molar-refractivity contribution in [2.45, 2.75) is 88.4 Å². The summed E-state index contributed by atoms with van der Waals surface area (Å²) in [6.45, 7) is 12.9. The molecule has 5 rings (SSSR count).